The topological polar surface area (TPSA) is 129 Å². The van der Waals surface area contributed by atoms with E-state index >= 15 is 0 Å². The Morgan fingerprint density at radius 1 is 0.826 bits per heavy atom. The number of fused-ring (bicyclic) bond motifs is 2. The van der Waals surface area contributed by atoms with Crippen molar-refractivity contribution in [2.45, 2.75) is 103 Å². The summed E-state index contributed by atoms with van der Waals surface area (Å²) in [6.07, 6.45) is 10.6. The molecule has 250 valence electrons. The van der Waals surface area contributed by atoms with E-state index < -0.39 is 40.8 Å². The number of ether oxygens (including phenoxy) is 1. The standard InChI is InChI=1S/C37H52N4O5/c1-22(2)19-28-32(42)38-18-14-9-7-8-13-17-26-31-36(6,46-31)24(5)30-27(21-25-15-11-10-12-16-25)40-34(44)37(26,30)35(45)41-29(20-23(3)4)33(43)39-28/h9-17,22-24,26-31H,7-8,18-21H2,1-6H3,(H,38,42)(H,39,43)(H,40,44)(H,41,45)/b14-9+,17-13+/t24-,26?,27-,28-,29-,30?,31-,36+,37+/m0/s1. The lowest BCUT2D eigenvalue weighted by Gasteiger charge is -2.46. The summed E-state index contributed by atoms with van der Waals surface area (Å²) in [6, 6.07) is 8.06. The van der Waals surface area contributed by atoms with E-state index in [1.165, 1.54) is 0 Å². The molecular weight excluding hydrogens is 580 g/mol. The Hall–Kier alpha value is -3.46. The summed E-state index contributed by atoms with van der Waals surface area (Å²) in [5.74, 6) is -2.18. The van der Waals surface area contributed by atoms with E-state index in [1.54, 1.807) is 0 Å². The molecule has 1 spiro atoms. The van der Waals surface area contributed by atoms with Gasteiger partial charge in [-0.05, 0) is 62.3 Å². The highest BCUT2D eigenvalue weighted by atomic mass is 16.6. The molecule has 3 fully saturated rings. The van der Waals surface area contributed by atoms with Crippen LogP contribution in [0.3, 0.4) is 0 Å². The molecule has 1 aromatic carbocycles. The number of hydrogen-bond acceptors (Lipinski definition) is 5. The lowest BCUT2D eigenvalue weighted by molar-refractivity contribution is -0.151. The van der Waals surface area contributed by atoms with E-state index in [9.17, 15) is 19.2 Å². The monoisotopic (exact) mass is 632 g/mol. The molecule has 9 nitrogen and oxygen atoms in total. The molecule has 4 amide bonds. The van der Waals surface area contributed by atoms with Gasteiger partial charge >= 0.3 is 0 Å². The highest BCUT2D eigenvalue weighted by Crippen LogP contribution is 2.65. The fourth-order valence-corrected chi connectivity index (χ4v) is 8.17. The van der Waals surface area contributed by atoms with Crippen LogP contribution in [-0.2, 0) is 30.3 Å². The van der Waals surface area contributed by atoms with Gasteiger partial charge < -0.3 is 26.0 Å². The normalized spacial score (nSPS) is 38.0. The van der Waals surface area contributed by atoms with Crippen LogP contribution in [0.1, 0.15) is 72.8 Å². The minimum atomic E-state index is -1.47. The summed E-state index contributed by atoms with van der Waals surface area (Å²) in [4.78, 5) is 56.6. The first-order valence-electron chi connectivity index (χ1n) is 17.1. The minimum Gasteiger partial charge on any atom is -0.365 e. The largest absolute Gasteiger partial charge is 0.365 e. The second-order valence-corrected chi connectivity index (χ2v) is 14.8. The number of carbonyl (C=O) groups excluding carboxylic acids is 4. The van der Waals surface area contributed by atoms with Crippen molar-refractivity contribution in [1.82, 2.24) is 21.3 Å². The van der Waals surface area contributed by atoms with Crippen LogP contribution in [0.15, 0.2) is 54.6 Å². The number of benzene rings is 1. The van der Waals surface area contributed by atoms with E-state index in [0.717, 1.165) is 12.0 Å². The zero-order valence-corrected chi connectivity index (χ0v) is 28.2. The molecule has 4 aliphatic rings. The van der Waals surface area contributed by atoms with Crippen LogP contribution in [0.2, 0.25) is 0 Å². The van der Waals surface area contributed by atoms with Crippen molar-refractivity contribution in [3.63, 3.8) is 0 Å². The average Bonchev–Trinajstić information content (AvgIpc) is 3.61. The maximum atomic E-state index is 15.0. The number of hydrogen-bond donors (Lipinski definition) is 4. The van der Waals surface area contributed by atoms with Crippen molar-refractivity contribution in [1.29, 1.82) is 0 Å². The first-order valence-corrected chi connectivity index (χ1v) is 17.1. The van der Waals surface area contributed by atoms with E-state index in [1.807, 2.05) is 82.3 Å². The highest BCUT2D eigenvalue weighted by Gasteiger charge is 2.78. The SMILES string of the molecule is CC(C)C[C@@H]1NC(=O)[C@H](CC(C)C)NC(=O)[C@@]23C(=O)N[C@@H](Cc4ccccc4)C2[C@H](C)[C@@]2(C)O[C@H]2C3/C=C/CC/C=C/CNC1=O. The van der Waals surface area contributed by atoms with Gasteiger partial charge in [-0.3, -0.25) is 19.2 Å². The Morgan fingerprint density at radius 2 is 1.46 bits per heavy atom. The molecule has 1 aliphatic carbocycles. The van der Waals surface area contributed by atoms with Crippen molar-refractivity contribution in [2.24, 2.45) is 35.0 Å². The summed E-state index contributed by atoms with van der Waals surface area (Å²) >= 11 is 0. The second kappa shape index (κ2) is 13.7. The van der Waals surface area contributed by atoms with E-state index in [0.29, 0.717) is 32.2 Å². The number of amides is 4. The maximum Gasteiger partial charge on any atom is 0.243 e. The Morgan fingerprint density at radius 3 is 2.13 bits per heavy atom. The average molecular weight is 633 g/mol. The molecule has 3 heterocycles. The van der Waals surface area contributed by atoms with E-state index in [4.69, 9.17) is 4.74 Å². The van der Waals surface area contributed by atoms with Gasteiger partial charge in [0.2, 0.25) is 23.6 Å². The van der Waals surface area contributed by atoms with Crippen LogP contribution in [-0.4, -0.2) is 60.0 Å². The molecule has 2 saturated heterocycles. The van der Waals surface area contributed by atoms with Crippen LogP contribution < -0.4 is 21.3 Å². The molecular formula is C37H52N4O5. The minimum absolute atomic E-state index is 0.0697. The predicted molar refractivity (Wildman–Crippen MR) is 177 cm³/mol. The molecule has 46 heavy (non-hydrogen) atoms. The zero-order chi connectivity index (χ0) is 33.2. The van der Waals surface area contributed by atoms with Gasteiger partial charge in [-0.1, -0.05) is 89.3 Å². The summed E-state index contributed by atoms with van der Waals surface area (Å²) in [5, 5.41) is 12.2. The van der Waals surface area contributed by atoms with Crippen LogP contribution in [0.4, 0.5) is 0 Å². The van der Waals surface area contributed by atoms with Gasteiger partial charge in [-0.25, -0.2) is 0 Å². The van der Waals surface area contributed by atoms with Gasteiger partial charge in [0.05, 0.1) is 11.7 Å². The van der Waals surface area contributed by atoms with Crippen molar-refractivity contribution in [2.75, 3.05) is 6.54 Å². The van der Waals surface area contributed by atoms with Crippen molar-refractivity contribution >= 4 is 23.6 Å². The van der Waals surface area contributed by atoms with Gasteiger partial charge in [0.1, 0.15) is 17.5 Å². The zero-order valence-electron chi connectivity index (χ0n) is 28.2. The van der Waals surface area contributed by atoms with Gasteiger partial charge in [0, 0.05) is 24.4 Å². The second-order valence-electron chi connectivity index (χ2n) is 14.8. The quantitative estimate of drug-likeness (QED) is 0.215. The predicted octanol–water partition coefficient (Wildman–Crippen LogP) is 3.84. The molecule has 0 radical (unpaired) electrons. The molecule has 1 saturated carbocycles. The number of rotatable bonds is 6. The first-order chi connectivity index (χ1) is 21.9. The molecule has 2 unspecified atom stereocenters. The van der Waals surface area contributed by atoms with Crippen molar-refractivity contribution in [3.05, 3.63) is 60.2 Å². The Kier molecular flexibility index (Phi) is 10.1. The highest BCUT2D eigenvalue weighted by molar-refractivity contribution is 6.09. The number of allylic oxidation sites excluding steroid dienone is 2. The number of carbonyl (C=O) groups is 4. The smallest absolute Gasteiger partial charge is 0.243 e. The third kappa shape index (κ3) is 6.53. The first kappa shape index (κ1) is 33.9. The Labute approximate surface area is 273 Å². The molecule has 9 heteroatoms. The maximum absolute atomic E-state index is 15.0. The molecule has 3 aliphatic heterocycles. The Bertz CT molecular complexity index is 1360. The summed E-state index contributed by atoms with van der Waals surface area (Å²) in [6.45, 7) is 12.5. The number of nitrogens with one attached hydrogen (secondary N) is 4. The molecule has 4 N–H and O–H groups in total. The van der Waals surface area contributed by atoms with Gasteiger partial charge in [0.25, 0.3) is 0 Å². The molecule has 9 atom stereocenters. The van der Waals surface area contributed by atoms with Gasteiger partial charge in [-0.2, -0.15) is 0 Å². The van der Waals surface area contributed by atoms with Crippen LogP contribution in [0.5, 0.6) is 0 Å². The number of epoxide rings is 1. The summed E-state index contributed by atoms with van der Waals surface area (Å²) in [7, 11) is 0. The van der Waals surface area contributed by atoms with Gasteiger partial charge in [-0.15, -0.1) is 0 Å². The summed E-state index contributed by atoms with van der Waals surface area (Å²) in [5.41, 5.74) is -0.853. The molecule has 1 aromatic rings. The van der Waals surface area contributed by atoms with E-state index in [2.05, 4.69) is 35.1 Å². The third-order valence-corrected chi connectivity index (χ3v) is 10.6. The van der Waals surface area contributed by atoms with E-state index in [-0.39, 0.29) is 47.6 Å². The fourth-order valence-electron chi connectivity index (χ4n) is 8.17. The summed E-state index contributed by atoms with van der Waals surface area (Å²) < 4.78 is 6.42. The molecule has 0 aromatic heterocycles. The lowest BCUT2D eigenvalue weighted by Crippen LogP contribution is -2.64. The Balaban J connectivity index is 1.57. The molecule has 5 rings (SSSR count). The van der Waals surface area contributed by atoms with Crippen LogP contribution >= 0.6 is 0 Å². The third-order valence-electron chi connectivity index (χ3n) is 10.6. The fraction of sp³-hybridized carbons (Fsp3) is 0.622. The van der Waals surface area contributed by atoms with Crippen molar-refractivity contribution in [3.8, 4) is 0 Å². The van der Waals surface area contributed by atoms with Crippen LogP contribution in [0.25, 0.3) is 0 Å². The molecule has 0 bridgehead atoms. The van der Waals surface area contributed by atoms with Gasteiger partial charge in [0.15, 0.2) is 0 Å². The van der Waals surface area contributed by atoms with Crippen molar-refractivity contribution < 1.29 is 23.9 Å². The lowest BCUT2D eigenvalue weighted by atomic mass is 9.52. The van der Waals surface area contributed by atoms with Crippen LogP contribution in [0, 0.1) is 35.0 Å².